The van der Waals surface area contributed by atoms with Crippen molar-refractivity contribution in [2.45, 2.75) is 23.5 Å². The number of hydrogen-bond donors (Lipinski definition) is 0. The zero-order valence-electron chi connectivity index (χ0n) is 15.3. The molecule has 4 rings (SSSR count). The highest BCUT2D eigenvalue weighted by Crippen LogP contribution is 2.37. The van der Waals surface area contributed by atoms with Crippen LogP contribution in [0.3, 0.4) is 0 Å². The van der Waals surface area contributed by atoms with Crippen LogP contribution in [-0.4, -0.2) is 49.2 Å². The third-order valence-corrected chi connectivity index (χ3v) is 7.64. The molecule has 0 radical (unpaired) electrons. The van der Waals surface area contributed by atoms with Crippen molar-refractivity contribution in [3.8, 4) is 6.07 Å². The van der Waals surface area contributed by atoms with E-state index in [1.54, 1.807) is 39.8 Å². The third kappa shape index (κ3) is 3.36. The molecular weight excluding hydrogens is 394 g/mol. The first kappa shape index (κ1) is 18.8. The molecule has 0 spiro atoms. The number of carbonyl (C=O) groups is 1. The second-order valence-corrected chi connectivity index (χ2v) is 10.0. The van der Waals surface area contributed by atoms with Crippen molar-refractivity contribution in [3.05, 3.63) is 59.7 Å². The molecule has 2 fully saturated rings. The summed E-state index contributed by atoms with van der Waals surface area (Å²) in [6, 6.07) is 15.8. The van der Waals surface area contributed by atoms with Gasteiger partial charge >= 0.3 is 6.03 Å². The molecule has 2 heterocycles. The van der Waals surface area contributed by atoms with Gasteiger partial charge in [-0.3, -0.25) is 4.90 Å². The number of anilines is 1. The van der Waals surface area contributed by atoms with Crippen LogP contribution in [0.1, 0.15) is 11.1 Å². The van der Waals surface area contributed by atoms with E-state index in [2.05, 4.69) is 6.07 Å². The van der Waals surface area contributed by atoms with Crippen LogP contribution in [0.2, 0.25) is 0 Å². The van der Waals surface area contributed by atoms with Crippen LogP contribution in [0.15, 0.2) is 53.4 Å². The van der Waals surface area contributed by atoms with Crippen molar-refractivity contribution < 1.29 is 13.2 Å². The molecule has 0 saturated carbocycles. The molecule has 0 bridgehead atoms. The van der Waals surface area contributed by atoms with E-state index in [0.29, 0.717) is 5.56 Å². The second kappa shape index (κ2) is 7.15. The van der Waals surface area contributed by atoms with E-state index in [4.69, 9.17) is 5.26 Å². The van der Waals surface area contributed by atoms with Gasteiger partial charge in [0.1, 0.15) is 0 Å². The number of sulfone groups is 1. The molecule has 0 aliphatic carbocycles. The van der Waals surface area contributed by atoms with Crippen molar-refractivity contribution >= 4 is 33.3 Å². The maximum Gasteiger partial charge on any atom is 0.325 e. The lowest BCUT2D eigenvalue weighted by Gasteiger charge is -2.23. The summed E-state index contributed by atoms with van der Waals surface area (Å²) in [5, 5.41) is 9.11. The van der Waals surface area contributed by atoms with E-state index in [0.717, 1.165) is 16.1 Å². The standard InChI is InChI=1S/C20H19N3O3S2/c1-27-17-7-3-6-16(9-17)23-19-13-28(25,26)12-18(19)22(20(23)24)11-15-5-2-4-14(8-15)10-21/h2-9,18-19H,11-13H2,1H3/t18-,19+/m1/s1. The van der Waals surface area contributed by atoms with Crippen molar-refractivity contribution in [2.75, 3.05) is 22.7 Å². The lowest BCUT2D eigenvalue weighted by Crippen LogP contribution is -2.37. The van der Waals surface area contributed by atoms with Gasteiger partial charge in [-0.15, -0.1) is 11.8 Å². The van der Waals surface area contributed by atoms with E-state index in [1.807, 2.05) is 36.6 Å². The number of benzene rings is 2. The van der Waals surface area contributed by atoms with Gasteiger partial charge in [0.2, 0.25) is 0 Å². The van der Waals surface area contributed by atoms with Crippen LogP contribution in [0.25, 0.3) is 0 Å². The normalized spacial score (nSPS) is 22.9. The lowest BCUT2D eigenvalue weighted by molar-refractivity contribution is 0.206. The first-order chi connectivity index (χ1) is 13.4. The van der Waals surface area contributed by atoms with Gasteiger partial charge in [0, 0.05) is 17.1 Å². The van der Waals surface area contributed by atoms with Gasteiger partial charge in [0.15, 0.2) is 9.84 Å². The van der Waals surface area contributed by atoms with Gasteiger partial charge in [0.05, 0.1) is 35.2 Å². The SMILES string of the molecule is CSc1cccc(N2C(=O)N(Cc3cccc(C#N)c3)[C@@H]3CS(=O)(=O)C[C@@H]32)c1. The number of nitrogens with zero attached hydrogens (tertiary/aromatic N) is 3. The zero-order valence-corrected chi connectivity index (χ0v) is 16.9. The Morgan fingerprint density at radius 1 is 1.14 bits per heavy atom. The minimum Gasteiger partial charge on any atom is -0.314 e. The van der Waals surface area contributed by atoms with Crippen molar-refractivity contribution in [1.29, 1.82) is 5.26 Å². The number of hydrogen-bond acceptors (Lipinski definition) is 5. The molecule has 8 heteroatoms. The van der Waals surface area contributed by atoms with Crippen LogP contribution < -0.4 is 4.90 Å². The summed E-state index contributed by atoms with van der Waals surface area (Å²) in [5.74, 6) is -0.0539. The number of urea groups is 1. The number of rotatable bonds is 4. The molecule has 2 atom stereocenters. The molecular formula is C20H19N3O3S2. The smallest absolute Gasteiger partial charge is 0.314 e. The Balaban J connectivity index is 1.71. The van der Waals surface area contributed by atoms with Gasteiger partial charge in [-0.05, 0) is 42.2 Å². The summed E-state index contributed by atoms with van der Waals surface area (Å²) >= 11 is 1.58. The van der Waals surface area contributed by atoms with Gasteiger partial charge in [0.25, 0.3) is 0 Å². The highest BCUT2D eigenvalue weighted by Gasteiger charge is 2.53. The van der Waals surface area contributed by atoms with E-state index in [-0.39, 0.29) is 30.1 Å². The van der Waals surface area contributed by atoms with Gasteiger partial charge < -0.3 is 4.90 Å². The Morgan fingerprint density at radius 2 is 1.89 bits per heavy atom. The Kier molecular flexibility index (Phi) is 4.81. The molecule has 0 N–H and O–H groups in total. The first-order valence-electron chi connectivity index (χ1n) is 8.85. The summed E-state index contributed by atoms with van der Waals surface area (Å²) in [7, 11) is -3.22. The fourth-order valence-electron chi connectivity index (χ4n) is 3.96. The molecule has 2 aliphatic rings. The molecule has 2 saturated heterocycles. The Labute approximate surface area is 168 Å². The predicted octanol–water partition coefficient (Wildman–Crippen LogP) is 2.89. The number of carbonyl (C=O) groups excluding carboxylic acids is 1. The Bertz CT molecular complexity index is 1080. The Hall–Kier alpha value is -2.50. The lowest BCUT2D eigenvalue weighted by atomic mass is 10.1. The van der Waals surface area contributed by atoms with Gasteiger partial charge in [-0.25, -0.2) is 13.2 Å². The quantitative estimate of drug-likeness (QED) is 0.569. The van der Waals surface area contributed by atoms with Crippen molar-refractivity contribution in [1.82, 2.24) is 4.90 Å². The third-order valence-electron chi connectivity index (χ3n) is 5.22. The summed E-state index contributed by atoms with van der Waals surface area (Å²) < 4.78 is 24.7. The van der Waals surface area contributed by atoms with Crippen LogP contribution in [0, 0.1) is 11.3 Å². The molecule has 2 amide bonds. The van der Waals surface area contributed by atoms with Crippen LogP contribution in [0.5, 0.6) is 0 Å². The molecule has 0 unspecified atom stereocenters. The van der Waals surface area contributed by atoms with Gasteiger partial charge in [-0.1, -0.05) is 18.2 Å². The molecule has 2 aromatic rings. The summed E-state index contributed by atoms with van der Waals surface area (Å²) in [4.78, 5) is 17.6. The molecule has 144 valence electrons. The molecule has 6 nitrogen and oxygen atoms in total. The van der Waals surface area contributed by atoms with E-state index in [1.165, 1.54) is 0 Å². The summed E-state index contributed by atoms with van der Waals surface area (Å²) in [6.07, 6.45) is 1.96. The topological polar surface area (TPSA) is 81.5 Å². The fourth-order valence-corrected chi connectivity index (χ4v) is 6.36. The maximum atomic E-state index is 13.3. The fraction of sp³-hybridized carbons (Fsp3) is 0.300. The Morgan fingerprint density at radius 3 is 2.64 bits per heavy atom. The minimum absolute atomic E-state index is 0.0262. The number of fused-ring (bicyclic) bond motifs is 1. The van der Waals surface area contributed by atoms with Crippen molar-refractivity contribution in [3.63, 3.8) is 0 Å². The molecule has 28 heavy (non-hydrogen) atoms. The highest BCUT2D eigenvalue weighted by atomic mass is 32.2. The monoisotopic (exact) mass is 413 g/mol. The average Bonchev–Trinajstić information content (AvgIpc) is 3.12. The minimum atomic E-state index is -3.22. The largest absolute Gasteiger partial charge is 0.325 e. The van der Waals surface area contributed by atoms with E-state index >= 15 is 0 Å². The number of amides is 2. The van der Waals surface area contributed by atoms with Crippen molar-refractivity contribution in [2.24, 2.45) is 0 Å². The maximum absolute atomic E-state index is 13.3. The average molecular weight is 414 g/mol. The molecule has 2 aromatic carbocycles. The van der Waals surface area contributed by atoms with E-state index in [9.17, 15) is 13.2 Å². The number of nitriles is 1. The summed E-state index contributed by atoms with van der Waals surface area (Å²) in [5.41, 5.74) is 2.05. The first-order valence-corrected chi connectivity index (χ1v) is 11.9. The van der Waals surface area contributed by atoms with Crippen LogP contribution in [-0.2, 0) is 16.4 Å². The zero-order chi connectivity index (χ0) is 19.9. The van der Waals surface area contributed by atoms with Gasteiger partial charge in [-0.2, -0.15) is 5.26 Å². The highest BCUT2D eigenvalue weighted by molar-refractivity contribution is 7.98. The van der Waals surface area contributed by atoms with Crippen LogP contribution >= 0.6 is 11.8 Å². The molecule has 2 aliphatic heterocycles. The van der Waals surface area contributed by atoms with Crippen LogP contribution in [0.4, 0.5) is 10.5 Å². The second-order valence-electron chi connectivity index (χ2n) is 7.01. The predicted molar refractivity (Wildman–Crippen MR) is 109 cm³/mol. The summed E-state index contributed by atoms with van der Waals surface area (Å²) in [6.45, 7) is 0.282. The molecule has 0 aromatic heterocycles. The van der Waals surface area contributed by atoms with E-state index < -0.39 is 15.9 Å². The number of thioether (sulfide) groups is 1.